The lowest BCUT2D eigenvalue weighted by Gasteiger charge is -2.09. The topological polar surface area (TPSA) is 58.2 Å². The van der Waals surface area contributed by atoms with Crippen molar-refractivity contribution in [1.82, 2.24) is 5.32 Å². The summed E-state index contributed by atoms with van der Waals surface area (Å²) >= 11 is 0. The Morgan fingerprint density at radius 3 is 1.59 bits per heavy atom. The van der Waals surface area contributed by atoms with Gasteiger partial charge in [-0.1, -0.05) is 13.8 Å². The first-order valence-corrected chi connectivity index (χ1v) is 8.30. The van der Waals surface area contributed by atoms with Crippen molar-refractivity contribution in [3.8, 4) is 0 Å². The first kappa shape index (κ1) is 21.8. The molecule has 0 atom stereocenters. The predicted octanol–water partition coefficient (Wildman–Crippen LogP) is 1.48. The lowest BCUT2D eigenvalue weighted by atomic mass is 10.3. The van der Waals surface area contributed by atoms with Gasteiger partial charge in [-0.3, -0.25) is 0 Å². The number of hydrogen-bond donors (Lipinski definition) is 1. The summed E-state index contributed by atoms with van der Waals surface area (Å²) in [6.45, 7) is 11.3. The Morgan fingerprint density at radius 1 is 0.636 bits per heavy atom. The van der Waals surface area contributed by atoms with Crippen LogP contribution in [0.1, 0.15) is 26.7 Å². The molecule has 0 amide bonds. The van der Waals surface area contributed by atoms with E-state index >= 15 is 0 Å². The minimum atomic E-state index is 0.513. The minimum Gasteiger partial charge on any atom is -0.382 e. The molecular formula is C16H35NO5. The predicted molar refractivity (Wildman–Crippen MR) is 87.5 cm³/mol. The van der Waals surface area contributed by atoms with Crippen LogP contribution < -0.4 is 5.32 Å². The van der Waals surface area contributed by atoms with Gasteiger partial charge in [0.2, 0.25) is 0 Å². The van der Waals surface area contributed by atoms with Crippen LogP contribution in [0.3, 0.4) is 0 Å². The van der Waals surface area contributed by atoms with Crippen LogP contribution in [-0.2, 0) is 23.7 Å². The second kappa shape index (κ2) is 18.8. The molecule has 6 heteroatoms. The number of hydrogen-bond acceptors (Lipinski definition) is 6. The molecule has 0 rings (SSSR count). The summed E-state index contributed by atoms with van der Waals surface area (Å²) < 4.78 is 26.6. The molecule has 0 unspecified atom stereocenters. The molecule has 0 aliphatic heterocycles. The van der Waals surface area contributed by atoms with Gasteiger partial charge >= 0.3 is 0 Å². The lowest BCUT2D eigenvalue weighted by Crippen LogP contribution is -2.27. The second-order valence-corrected chi connectivity index (χ2v) is 5.26. The molecule has 0 aliphatic rings. The van der Waals surface area contributed by atoms with Crippen LogP contribution in [0.15, 0.2) is 0 Å². The molecule has 134 valence electrons. The molecule has 0 radical (unpaired) electrons. The van der Waals surface area contributed by atoms with E-state index in [-0.39, 0.29) is 0 Å². The Balaban J connectivity index is 2.94. The highest BCUT2D eigenvalue weighted by Crippen LogP contribution is 1.92. The Kier molecular flexibility index (Phi) is 18.6. The number of ether oxygens (including phenoxy) is 5. The van der Waals surface area contributed by atoms with E-state index in [0.29, 0.717) is 45.7 Å². The molecule has 0 aromatic heterocycles. The van der Waals surface area contributed by atoms with Crippen molar-refractivity contribution >= 4 is 0 Å². The van der Waals surface area contributed by atoms with Crippen molar-refractivity contribution < 1.29 is 23.7 Å². The van der Waals surface area contributed by atoms with Gasteiger partial charge in [0.05, 0.1) is 46.2 Å². The van der Waals surface area contributed by atoms with E-state index in [2.05, 4.69) is 19.2 Å². The average Bonchev–Trinajstić information content (AvgIpc) is 2.50. The van der Waals surface area contributed by atoms with Crippen LogP contribution in [0.2, 0.25) is 0 Å². The van der Waals surface area contributed by atoms with E-state index in [1.165, 1.54) is 0 Å². The fourth-order valence-corrected chi connectivity index (χ4v) is 1.61. The number of methoxy groups -OCH3 is 1. The third-order valence-corrected chi connectivity index (χ3v) is 2.80. The molecule has 0 heterocycles. The molecule has 0 saturated heterocycles. The Morgan fingerprint density at radius 2 is 1.09 bits per heavy atom. The Bertz CT molecular complexity index is 205. The van der Waals surface area contributed by atoms with E-state index in [1.807, 2.05) is 0 Å². The highest BCUT2D eigenvalue weighted by Gasteiger charge is 1.94. The van der Waals surface area contributed by atoms with Gasteiger partial charge in [-0.25, -0.2) is 0 Å². The summed E-state index contributed by atoms with van der Waals surface area (Å²) in [6, 6.07) is 0.513. The fraction of sp³-hybridized carbons (Fsp3) is 1.00. The van der Waals surface area contributed by atoms with Gasteiger partial charge in [0.25, 0.3) is 0 Å². The maximum Gasteiger partial charge on any atom is 0.0701 e. The maximum atomic E-state index is 5.49. The number of unbranched alkanes of at least 4 members (excludes halogenated alkanes) is 1. The van der Waals surface area contributed by atoms with Crippen LogP contribution in [0.5, 0.6) is 0 Å². The van der Waals surface area contributed by atoms with Crippen molar-refractivity contribution in [2.45, 2.75) is 32.7 Å². The maximum absolute atomic E-state index is 5.49. The highest BCUT2D eigenvalue weighted by molar-refractivity contribution is 4.50. The summed E-state index contributed by atoms with van der Waals surface area (Å²) in [6.07, 6.45) is 2.02. The number of nitrogens with one attached hydrogen (secondary N) is 1. The van der Waals surface area contributed by atoms with Crippen LogP contribution in [-0.4, -0.2) is 79.2 Å². The SMILES string of the molecule is COCCOCCOCCCCOCCOCCNC(C)C. The van der Waals surface area contributed by atoms with Crippen LogP contribution in [0, 0.1) is 0 Å². The monoisotopic (exact) mass is 321 g/mol. The van der Waals surface area contributed by atoms with Gasteiger partial charge in [0.1, 0.15) is 0 Å². The molecule has 1 N–H and O–H groups in total. The third kappa shape index (κ3) is 19.8. The van der Waals surface area contributed by atoms with Crippen molar-refractivity contribution in [1.29, 1.82) is 0 Å². The molecule has 0 bridgehead atoms. The molecule has 6 nitrogen and oxygen atoms in total. The molecule has 0 fully saturated rings. The zero-order valence-corrected chi connectivity index (χ0v) is 14.6. The third-order valence-electron chi connectivity index (χ3n) is 2.80. The second-order valence-electron chi connectivity index (χ2n) is 5.26. The molecule has 0 aliphatic carbocycles. The van der Waals surface area contributed by atoms with E-state index in [4.69, 9.17) is 23.7 Å². The smallest absolute Gasteiger partial charge is 0.0701 e. The molecular weight excluding hydrogens is 286 g/mol. The summed E-state index contributed by atoms with van der Waals surface area (Å²) in [5, 5.41) is 3.30. The molecule has 0 spiro atoms. The van der Waals surface area contributed by atoms with E-state index in [9.17, 15) is 0 Å². The average molecular weight is 321 g/mol. The fourth-order valence-electron chi connectivity index (χ4n) is 1.61. The molecule has 0 saturated carbocycles. The number of rotatable bonds is 18. The Hall–Kier alpha value is -0.240. The van der Waals surface area contributed by atoms with Crippen molar-refractivity contribution in [3.63, 3.8) is 0 Å². The van der Waals surface area contributed by atoms with E-state index < -0.39 is 0 Å². The van der Waals surface area contributed by atoms with E-state index in [1.54, 1.807) is 7.11 Å². The first-order valence-electron chi connectivity index (χ1n) is 8.30. The summed E-state index contributed by atoms with van der Waals surface area (Å²) in [4.78, 5) is 0. The summed E-state index contributed by atoms with van der Waals surface area (Å²) in [7, 11) is 1.66. The van der Waals surface area contributed by atoms with Gasteiger partial charge in [-0.05, 0) is 12.8 Å². The lowest BCUT2D eigenvalue weighted by molar-refractivity contribution is 0.0201. The van der Waals surface area contributed by atoms with Crippen LogP contribution in [0.4, 0.5) is 0 Å². The highest BCUT2D eigenvalue weighted by atomic mass is 16.5. The quantitative estimate of drug-likeness (QED) is 0.386. The van der Waals surface area contributed by atoms with Gasteiger partial charge in [0.15, 0.2) is 0 Å². The van der Waals surface area contributed by atoms with Gasteiger partial charge in [-0.2, -0.15) is 0 Å². The molecule has 22 heavy (non-hydrogen) atoms. The Labute approximate surface area is 135 Å². The summed E-state index contributed by atoms with van der Waals surface area (Å²) in [5.74, 6) is 0. The van der Waals surface area contributed by atoms with Crippen molar-refractivity contribution in [2.75, 3.05) is 73.1 Å². The van der Waals surface area contributed by atoms with Gasteiger partial charge in [0, 0.05) is 32.9 Å². The zero-order valence-electron chi connectivity index (χ0n) is 14.6. The van der Waals surface area contributed by atoms with Crippen LogP contribution in [0.25, 0.3) is 0 Å². The van der Waals surface area contributed by atoms with Crippen LogP contribution >= 0.6 is 0 Å². The standard InChI is InChI=1S/C16H35NO5/c1-16(2)17-6-9-21-14-12-19-7-4-5-8-20-13-15-22-11-10-18-3/h16-17H,4-15H2,1-3H3. The zero-order chi connectivity index (χ0) is 16.3. The minimum absolute atomic E-state index is 0.513. The first-order chi connectivity index (χ1) is 10.8. The largest absolute Gasteiger partial charge is 0.382 e. The van der Waals surface area contributed by atoms with Crippen molar-refractivity contribution in [2.24, 2.45) is 0 Å². The summed E-state index contributed by atoms with van der Waals surface area (Å²) in [5.41, 5.74) is 0. The molecule has 0 aromatic carbocycles. The van der Waals surface area contributed by atoms with E-state index in [0.717, 1.165) is 39.2 Å². The normalized spacial score (nSPS) is 11.5. The van der Waals surface area contributed by atoms with Gasteiger partial charge < -0.3 is 29.0 Å². The van der Waals surface area contributed by atoms with Crippen molar-refractivity contribution in [3.05, 3.63) is 0 Å². The van der Waals surface area contributed by atoms with Gasteiger partial charge in [-0.15, -0.1) is 0 Å². The molecule has 0 aromatic rings.